The van der Waals surface area contributed by atoms with E-state index in [1.165, 1.54) is 24.4 Å². The highest BCUT2D eigenvalue weighted by Gasteiger charge is 2.12. The molecule has 142 valence electrons. The summed E-state index contributed by atoms with van der Waals surface area (Å²) in [6, 6.07) is 13.0. The second-order valence-electron chi connectivity index (χ2n) is 6.07. The van der Waals surface area contributed by atoms with E-state index in [2.05, 4.69) is 20.6 Å². The number of hydrogen-bond acceptors (Lipinski definition) is 4. The molecule has 0 saturated heterocycles. The zero-order valence-electron chi connectivity index (χ0n) is 15.1. The largest absolute Gasteiger partial charge is 0.352 e. The number of benzene rings is 1. The van der Waals surface area contributed by atoms with Crippen molar-refractivity contribution in [3.63, 3.8) is 0 Å². The van der Waals surface area contributed by atoms with Crippen molar-refractivity contribution in [3.05, 3.63) is 95.3 Å². The first-order valence-corrected chi connectivity index (χ1v) is 8.78. The summed E-state index contributed by atoms with van der Waals surface area (Å²) in [4.78, 5) is 32.6. The Kier molecular flexibility index (Phi) is 6.41. The maximum absolute atomic E-state index is 13.6. The van der Waals surface area contributed by atoms with Gasteiger partial charge in [0.1, 0.15) is 11.5 Å². The van der Waals surface area contributed by atoms with E-state index in [-0.39, 0.29) is 29.9 Å². The molecular weight excluding hydrogens is 359 g/mol. The van der Waals surface area contributed by atoms with Crippen LogP contribution in [0.1, 0.15) is 32.0 Å². The predicted molar refractivity (Wildman–Crippen MR) is 102 cm³/mol. The Labute approximate surface area is 161 Å². The molecule has 0 unspecified atom stereocenters. The summed E-state index contributed by atoms with van der Waals surface area (Å²) in [5.41, 5.74) is 1.85. The Morgan fingerprint density at radius 2 is 1.82 bits per heavy atom. The fraction of sp³-hybridized carbons (Fsp3) is 0.143. The Morgan fingerprint density at radius 3 is 2.61 bits per heavy atom. The molecule has 3 aromatic rings. The van der Waals surface area contributed by atoms with Gasteiger partial charge in [0.25, 0.3) is 11.8 Å². The highest BCUT2D eigenvalue weighted by Crippen LogP contribution is 2.07. The van der Waals surface area contributed by atoms with E-state index >= 15 is 0 Å². The zero-order chi connectivity index (χ0) is 19.8. The van der Waals surface area contributed by atoms with E-state index < -0.39 is 0 Å². The van der Waals surface area contributed by atoms with Gasteiger partial charge in [-0.1, -0.05) is 24.3 Å². The van der Waals surface area contributed by atoms with E-state index in [4.69, 9.17) is 0 Å². The van der Waals surface area contributed by atoms with Crippen molar-refractivity contribution in [1.29, 1.82) is 0 Å². The summed E-state index contributed by atoms with van der Waals surface area (Å²) in [5.74, 6) is -1.03. The first-order chi connectivity index (χ1) is 13.6. The van der Waals surface area contributed by atoms with Gasteiger partial charge in [0.2, 0.25) is 0 Å². The van der Waals surface area contributed by atoms with Crippen molar-refractivity contribution < 1.29 is 14.0 Å². The molecule has 0 spiro atoms. The van der Waals surface area contributed by atoms with Crippen LogP contribution in [0.3, 0.4) is 0 Å². The molecule has 1 aromatic carbocycles. The molecular formula is C21H19FN4O2. The van der Waals surface area contributed by atoms with Gasteiger partial charge in [-0.25, -0.2) is 4.39 Å². The van der Waals surface area contributed by atoms with E-state index in [1.54, 1.807) is 36.7 Å². The lowest BCUT2D eigenvalue weighted by Gasteiger charge is -2.08. The number of carbonyl (C=O) groups is 2. The Hall–Kier alpha value is -3.61. The molecule has 0 aliphatic carbocycles. The number of nitrogens with one attached hydrogen (secondary N) is 2. The fourth-order valence-corrected chi connectivity index (χ4v) is 2.59. The topological polar surface area (TPSA) is 84.0 Å². The molecule has 0 atom stereocenters. The maximum Gasteiger partial charge on any atom is 0.270 e. The molecule has 2 amide bonds. The normalized spacial score (nSPS) is 10.3. The number of nitrogens with zero attached hydrogens (tertiary/aromatic N) is 2. The van der Waals surface area contributed by atoms with Crippen LogP contribution in [0.25, 0.3) is 0 Å². The Bertz CT molecular complexity index is 963. The van der Waals surface area contributed by atoms with Crippen LogP contribution < -0.4 is 10.6 Å². The van der Waals surface area contributed by atoms with Crippen molar-refractivity contribution in [3.8, 4) is 0 Å². The number of carbonyl (C=O) groups excluding carboxylic acids is 2. The van der Waals surface area contributed by atoms with Gasteiger partial charge in [0.15, 0.2) is 0 Å². The van der Waals surface area contributed by atoms with Crippen molar-refractivity contribution in [2.75, 3.05) is 6.54 Å². The standard InChI is InChI=1S/C21H19FN4O2/c22-18-6-2-1-5-16(18)7-11-25-20(27)17-8-10-24-19(12-17)21(28)26-14-15-4-3-9-23-13-15/h1-6,8-10,12-13H,7,11,14H2,(H,25,27)(H,26,28). The van der Waals surface area contributed by atoms with Crippen LogP contribution >= 0.6 is 0 Å². The third-order valence-corrected chi connectivity index (χ3v) is 4.07. The molecule has 0 aliphatic rings. The fourth-order valence-electron chi connectivity index (χ4n) is 2.59. The van der Waals surface area contributed by atoms with Crippen LogP contribution in [0.15, 0.2) is 67.1 Å². The van der Waals surface area contributed by atoms with Crippen LogP contribution in [0.4, 0.5) is 4.39 Å². The lowest BCUT2D eigenvalue weighted by atomic mass is 10.1. The highest BCUT2D eigenvalue weighted by molar-refractivity contribution is 5.98. The number of pyridine rings is 2. The molecule has 0 aliphatic heterocycles. The molecule has 0 radical (unpaired) electrons. The van der Waals surface area contributed by atoms with Gasteiger partial charge in [-0.2, -0.15) is 0 Å². The van der Waals surface area contributed by atoms with Gasteiger partial charge in [-0.05, 0) is 41.8 Å². The average Bonchev–Trinajstić information content (AvgIpc) is 2.74. The van der Waals surface area contributed by atoms with Gasteiger partial charge in [0, 0.05) is 37.2 Å². The summed E-state index contributed by atoms with van der Waals surface area (Å²) in [5, 5.41) is 5.46. The third kappa shape index (κ3) is 5.20. The lowest BCUT2D eigenvalue weighted by molar-refractivity contribution is 0.0946. The molecule has 0 fully saturated rings. The second kappa shape index (κ2) is 9.36. The predicted octanol–water partition coefficient (Wildman–Crippen LogP) is 2.52. The Morgan fingerprint density at radius 1 is 0.964 bits per heavy atom. The minimum absolute atomic E-state index is 0.144. The summed E-state index contributed by atoms with van der Waals surface area (Å²) >= 11 is 0. The van der Waals surface area contributed by atoms with Gasteiger partial charge >= 0.3 is 0 Å². The molecule has 2 N–H and O–H groups in total. The number of halogens is 1. The monoisotopic (exact) mass is 378 g/mol. The molecule has 28 heavy (non-hydrogen) atoms. The summed E-state index contributed by atoms with van der Waals surface area (Å²) in [6.45, 7) is 0.595. The SMILES string of the molecule is O=C(NCCc1ccccc1F)c1ccnc(C(=O)NCc2cccnc2)c1. The number of amides is 2. The van der Waals surface area contributed by atoms with Crippen LogP contribution in [-0.4, -0.2) is 28.3 Å². The van der Waals surface area contributed by atoms with Gasteiger partial charge < -0.3 is 10.6 Å². The lowest BCUT2D eigenvalue weighted by Crippen LogP contribution is -2.27. The van der Waals surface area contributed by atoms with Crippen molar-refractivity contribution in [1.82, 2.24) is 20.6 Å². The second-order valence-corrected chi connectivity index (χ2v) is 6.07. The van der Waals surface area contributed by atoms with Gasteiger partial charge in [0.05, 0.1) is 0 Å². The smallest absolute Gasteiger partial charge is 0.270 e. The zero-order valence-corrected chi connectivity index (χ0v) is 15.1. The molecule has 2 heterocycles. The Balaban J connectivity index is 1.55. The van der Waals surface area contributed by atoms with E-state index in [9.17, 15) is 14.0 Å². The van der Waals surface area contributed by atoms with Crippen molar-refractivity contribution in [2.24, 2.45) is 0 Å². The quantitative estimate of drug-likeness (QED) is 0.662. The average molecular weight is 378 g/mol. The number of hydrogen-bond donors (Lipinski definition) is 2. The highest BCUT2D eigenvalue weighted by atomic mass is 19.1. The van der Waals surface area contributed by atoms with Crippen molar-refractivity contribution >= 4 is 11.8 Å². The number of aromatic nitrogens is 2. The van der Waals surface area contributed by atoms with Crippen LogP contribution in [0.2, 0.25) is 0 Å². The summed E-state index contributed by atoms with van der Waals surface area (Å²) in [7, 11) is 0. The minimum Gasteiger partial charge on any atom is -0.352 e. The first kappa shape index (κ1) is 19.2. The van der Waals surface area contributed by atoms with Crippen LogP contribution in [-0.2, 0) is 13.0 Å². The van der Waals surface area contributed by atoms with Gasteiger partial charge in [-0.15, -0.1) is 0 Å². The van der Waals surface area contributed by atoms with Crippen molar-refractivity contribution in [2.45, 2.75) is 13.0 Å². The van der Waals surface area contributed by atoms with E-state index in [1.807, 2.05) is 6.07 Å². The van der Waals surface area contributed by atoms with Gasteiger partial charge in [-0.3, -0.25) is 19.6 Å². The minimum atomic E-state index is -0.384. The molecule has 2 aromatic heterocycles. The molecule has 0 bridgehead atoms. The molecule has 3 rings (SSSR count). The molecule has 7 heteroatoms. The third-order valence-electron chi connectivity index (χ3n) is 4.07. The summed E-state index contributed by atoms with van der Waals surface area (Å²) < 4.78 is 13.6. The molecule has 0 saturated carbocycles. The molecule has 6 nitrogen and oxygen atoms in total. The first-order valence-electron chi connectivity index (χ1n) is 8.78. The number of rotatable bonds is 7. The van der Waals surface area contributed by atoms with Crippen LogP contribution in [0, 0.1) is 5.82 Å². The van der Waals surface area contributed by atoms with E-state index in [0.717, 1.165) is 5.56 Å². The summed E-state index contributed by atoms with van der Waals surface area (Å²) in [6.07, 6.45) is 5.10. The maximum atomic E-state index is 13.6. The van der Waals surface area contributed by atoms with E-state index in [0.29, 0.717) is 24.1 Å². The van der Waals surface area contributed by atoms with Crippen LogP contribution in [0.5, 0.6) is 0 Å².